The van der Waals surface area contributed by atoms with Crippen molar-refractivity contribution in [1.82, 2.24) is 5.32 Å². The Kier molecular flexibility index (Phi) is 4.51. The molecule has 1 saturated carbocycles. The Labute approximate surface area is 127 Å². The fourth-order valence-electron chi connectivity index (χ4n) is 4.11. The molecule has 1 saturated heterocycles. The maximum Gasteiger partial charge on any atom is 0.119 e. The molecule has 2 aliphatic rings. The molecular weight excluding hydrogens is 262 g/mol. The molecule has 3 nitrogen and oxygen atoms in total. The molecule has 0 radical (unpaired) electrons. The zero-order chi connectivity index (χ0) is 14.7. The third-order valence-electron chi connectivity index (χ3n) is 5.21. The van der Waals surface area contributed by atoms with E-state index in [-0.39, 0.29) is 0 Å². The van der Waals surface area contributed by atoms with Gasteiger partial charge in [-0.05, 0) is 56.8 Å². The molecule has 1 aliphatic carbocycles. The Morgan fingerprint density at radius 3 is 2.81 bits per heavy atom. The van der Waals surface area contributed by atoms with E-state index in [1.165, 1.54) is 18.4 Å². The van der Waals surface area contributed by atoms with Crippen LogP contribution in [0.25, 0.3) is 0 Å². The van der Waals surface area contributed by atoms with Gasteiger partial charge in [0.2, 0.25) is 0 Å². The van der Waals surface area contributed by atoms with Gasteiger partial charge in [0.1, 0.15) is 5.75 Å². The molecule has 2 N–H and O–H groups in total. The van der Waals surface area contributed by atoms with E-state index in [0.717, 1.165) is 38.0 Å². The Morgan fingerprint density at radius 1 is 1.24 bits per heavy atom. The highest BCUT2D eigenvalue weighted by Gasteiger charge is 2.45. The van der Waals surface area contributed by atoms with Crippen LogP contribution in [0.15, 0.2) is 24.3 Å². The summed E-state index contributed by atoms with van der Waals surface area (Å²) in [6.45, 7) is 3.65. The van der Waals surface area contributed by atoms with Crippen LogP contribution < -0.4 is 10.1 Å². The molecule has 0 aromatic heterocycles. The van der Waals surface area contributed by atoms with Crippen LogP contribution in [0.5, 0.6) is 5.75 Å². The van der Waals surface area contributed by atoms with E-state index in [1.54, 1.807) is 0 Å². The first kappa shape index (κ1) is 14.9. The van der Waals surface area contributed by atoms with Gasteiger partial charge in [0.25, 0.3) is 0 Å². The molecule has 2 fully saturated rings. The molecule has 0 spiro atoms. The quantitative estimate of drug-likeness (QED) is 0.895. The number of rotatable bonds is 4. The number of aliphatic hydroxyl groups is 1. The van der Waals surface area contributed by atoms with Gasteiger partial charge in [-0.15, -0.1) is 0 Å². The maximum absolute atomic E-state index is 10.9. The summed E-state index contributed by atoms with van der Waals surface area (Å²) < 4.78 is 5.50. The first-order valence-electron chi connectivity index (χ1n) is 8.39. The van der Waals surface area contributed by atoms with Gasteiger partial charge >= 0.3 is 0 Å². The van der Waals surface area contributed by atoms with Crippen LogP contribution in [0.2, 0.25) is 0 Å². The van der Waals surface area contributed by atoms with Crippen molar-refractivity contribution in [1.29, 1.82) is 0 Å². The van der Waals surface area contributed by atoms with E-state index in [4.69, 9.17) is 4.74 Å². The second-order valence-corrected chi connectivity index (χ2v) is 6.55. The summed E-state index contributed by atoms with van der Waals surface area (Å²) in [5, 5.41) is 14.5. The fraction of sp³-hybridized carbons (Fsp3) is 0.667. The van der Waals surface area contributed by atoms with E-state index in [1.807, 2.05) is 6.92 Å². The van der Waals surface area contributed by atoms with Gasteiger partial charge in [-0.2, -0.15) is 0 Å². The topological polar surface area (TPSA) is 41.5 Å². The monoisotopic (exact) mass is 289 g/mol. The van der Waals surface area contributed by atoms with Crippen LogP contribution in [0.1, 0.15) is 44.6 Å². The first-order valence-corrected chi connectivity index (χ1v) is 8.39. The van der Waals surface area contributed by atoms with Crippen molar-refractivity contribution in [2.75, 3.05) is 13.2 Å². The number of nitrogens with one attached hydrogen (secondary N) is 1. The molecule has 1 aromatic rings. The number of fused-ring (bicyclic) bond motifs is 1. The summed E-state index contributed by atoms with van der Waals surface area (Å²) >= 11 is 0. The van der Waals surface area contributed by atoms with Crippen molar-refractivity contribution >= 4 is 0 Å². The normalized spacial score (nSPS) is 32.5. The van der Waals surface area contributed by atoms with E-state index in [9.17, 15) is 5.11 Å². The average Bonchev–Trinajstić information content (AvgIpc) is 2.49. The van der Waals surface area contributed by atoms with Gasteiger partial charge in [-0.25, -0.2) is 0 Å². The van der Waals surface area contributed by atoms with Crippen molar-refractivity contribution in [2.45, 2.75) is 57.1 Å². The largest absolute Gasteiger partial charge is 0.494 e. The van der Waals surface area contributed by atoms with Crippen molar-refractivity contribution in [3.63, 3.8) is 0 Å². The SMILES string of the molecule is CCOc1ccc(CC2NCCC3(O)CCCCC23)cc1. The lowest BCUT2D eigenvalue weighted by molar-refractivity contribution is -0.0850. The van der Waals surface area contributed by atoms with E-state index in [0.29, 0.717) is 18.6 Å². The minimum atomic E-state index is -0.417. The van der Waals surface area contributed by atoms with Gasteiger partial charge in [-0.3, -0.25) is 0 Å². The molecule has 0 bridgehead atoms. The summed E-state index contributed by atoms with van der Waals surface area (Å²) in [5.41, 5.74) is 0.908. The zero-order valence-electron chi connectivity index (χ0n) is 13.0. The van der Waals surface area contributed by atoms with E-state index >= 15 is 0 Å². The highest BCUT2D eigenvalue weighted by Crippen LogP contribution is 2.41. The second-order valence-electron chi connectivity index (χ2n) is 6.55. The molecule has 1 heterocycles. The standard InChI is InChI=1S/C18H27NO2/c1-2-21-15-8-6-14(7-9-15)13-17-16-5-3-4-10-18(16,20)11-12-19-17/h6-9,16-17,19-20H,2-5,10-13H2,1H3. The average molecular weight is 289 g/mol. The van der Waals surface area contributed by atoms with Crippen LogP contribution in [-0.2, 0) is 6.42 Å². The number of piperidine rings is 1. The molecule has 0 amide bonds. The minimum absolute atomic E-state index is 0.405. The number of benzene rings is 1. The molecule has 1 aromatic carbocycles. The van der Waals surface area contributed by atoms with Crippen LogP contribution >= 0.6 is 0 Å². The Hall–Kier alpha value is -1.06. The summed E-state index contributed by atoms with van der Waals surface area (Å²) in [7, 11) is 0. The highest BCUT2D eigenvalue weighted by atomic mass is 16.5. The van der Waals surface area contributed by atoms with Gasteiger partial charge in [0, 0.05) is 12.0 Å². The molecule has 1 aliphatic heterocycles. The molecule has 3 atom stereocenters. The van der Waals surface area contributed by atoms with Crippen molar-refractivity contribution in [3.8, 4) is 5.75 Å². The highest BCUT2D eigenvalue weighted by molar-refractivity contribution is 5.28. The lowest BCUT2D eigenvalue weighted by Crippen LogP contribution is -2.58. The van der Waals surface area contributed by atoms with Gasteiger partial charge in [0.05, 0.1) is 12.2 Å². The van der Waals surface area contributed by atoms with Gasteiger partial charge in [-0.1, -0.05) is 25.0 Å². The summed E-state index contributed by atoms with van der Waals surface area (Å²) in [4.78, 5) is 0. The van der Waals surface area contributed by atoms with Crippen LogP contribution in [0.4, 0.5) is 0 Å². The molecule has 3 heteroatoms. The predicted molar refractivity (Wildman–Crippen MR) is 84.6 cm³/mol. The molecule has 3 unspecified atom stereocenters. The van der Waals surface area contributed by atoms with Crippen molar-refractivity contribution < 1.29 is 9.84 Å². The lowest BCUT2D eigenvalue weighted by Gasteiger charge is -2.48. The number of hydrogen-bond acceptors (Lipinski definition) is 3. The Bertz CT molecular complexity index is 455. The summed E-state index contributed by atoms with van der Waals surface area (Å²) in [6, 6.07) is 8.82. The smallest absolute Gasteiger partial charge is 0.119 e. The number of ether oxygens (including phenoxy) is 1. The molecular formula is C18H27NO2. The Morgan fingerprint density at radius 2 is 2.05 bits per heavy atom. The molecule has 21 heavy (non-hydrogen) atoms. The van der Waals surface area contributed by atoms with Crippen molar-refractivity contribution in [3.05, 3.63) is 29.8 Å². The predicted octanol–water partition coefficient (Wildman–Crippen LogP) is 2.91. The Balaban J connectivity index is 1.68. The van der Waals surface area contributed by atoms with E-state index < -0.39 is 5.60 Å². The van der Waals surface area contributed by atoms with Crippen LogP contribution in [0.3, 0.4) is 0 Å². The maximum atomic E-state index is 10.9. The van der Waals surface area contributed by atoms with Crippen LogP contribution in [0, 0.1) is 5.92 Å². The summed E-state index contributed by atoms with van der Waals surface area (Å²) in [6.07, 6.45) is 6.50. The lowest BCUT2D eigenvalue weighted by atomic mass is 9.67. The zero-order valence-corrected chi connectivity index (χ0v) is 13.0. The van der Waals surface area contributed by atoms with Gasteiger partial charge < -0.3 is 15.2 Å². The van der Waals surface area contributed by atoms with Gasteiger partial charge in [0.15, 0.2) is 0 Å². The minimum Gasteiger partial charge on any atom is -0.494 e. The second kappa shape index (κ2) is 6.37. The first-order chi connectivity index (χ1) is 10.2. The molecule has 116 valence electrons. The van der Waals surface area contributed by atoms with Crippen LogP contribution in [-0.4, -0.2) is 29.9 Å². The fourth-order valence-corrected chi connectivity index (χ4v) is 4.11. The third-order valence-corrected chi connectivity index (χ3v) is 5.21. The van der Waals surface area contributed by atoms with E-state index in [2.05, 4.69) is 29.6 Å². The van der Waals surface area contributed by atoms with Crippen molar-refractivity contribution in [2.24, 2.45) is 5.92 Å². The summed E-state index contributed by atoms with van der Waals surface area (Å²) in [5.74, 6) is 1.35. The number of hydrogen-bond donors (Lipinski definition) is 2. The third kappa shape index (κ3) is 3.24. The molecule has 3 rings (SSSR count).